The summed E-state index contributed by atoms with van der Waals surface area (Å²) < 4.78 is 0. The fourth-order valence-corrected chi connectivity index (χ4v) is 4.16. The molecule has 3 saturated heterocycles. The highest BCUT2D eigenvalue weighted by molar-refractivity contribution is 5.96. The summed E-state index contributed by atoms with van der Waals surface area (Å²) in [5.74, 6) is 0.858. The number of piperazine rings is 1. The van der Waals surface area contributed by atoms with Crippen LogP contribution in [-0.2, 0) is 9.59 Å². The van der Waals surface area contributed by atoms with Gasteiger partial charge in [-0.05, 0) is 58.5 Å². The van der Waals surface area contributed by atoms with Gasteiger partial charge in [0.05, 0.1) is 0 Å². The predicted octanol–water partition coefficient (Wildman–Crippen LogP) is 0.940. The molecule has 21 heavy (non-hydrogen) atoms. The van der Waals surface area contributed by atoms with Gasteiger partial charge >= 0.3 is 0 Å². The lowest BCUT2D eigenvalue weighted by Crippen LogP contribution is -2.65. The number of rotatable bonds is 2. The Bertz CT molecular complexity index is 426. The molecule has 3 heterocycles. The van der Waals surface area contributed by atoms with E-state index in [1.807, 2.05) is 16.7 Å². The van der Waals surface area contributed by atoms with E-state index in [2.05, 4.69) is 11.9 Å². The summed E-state index contributed by atoms with van der Waals surface area (Å²) in [5.41, 5.74) is 0. The Balaban J connectivity index is 1.71. The van der Waals surface area contributed by atoms with Crippen LogP contribution in [0.4, 0.5) is 0 Å². The zero-order valence-corrected chi connectivity index (χ0v) is 13.3. The normalized spacial score (nSPS) is 35.0. The number of carbonyl (C=O) groups is 2. The Morgan fingerprint density at radius 2 is 1.86 bits per heavy atom. The highest BCUT2D eigenvalue weighted by Gasteiger charge is 2.45. The molecule has 3 rings (SSSR count). The molecule has 3 atom stereocenters. The molecule has 0 N–H and O–H groups in total. The molecule has 0 aromatic heterocycles. The van der Waals surface area contributed by atoms with Gasteiger partial charge in [0.15, 0.2) is 0 Å². The Morgan fingerprint density at radius 1 is 1.05 bits per heavy atom. The minimum absolute atomic E-state index is 0.156. The van der Waals surface area contributed by atoms with Crippen LogP contribution in [0.3, 0.4) is 0 Å². The van der Waals surface area contributed by atoms with Gasteiger partial charge in [-0.25, -0.2) is 0 Å². The van der Waals surface area contributed by atoms with E-state index in [1.165, 1.54) is 12.8 Å². The second-order valence-corrected chi connectivity index (χ2v) is 6.98. The fraction of sp³-hybridized carbons (Fsp3) is 0.875. The smallest absolute Gasteiger partial charge is 0.246 e. The summed E-state index contributed by atoms with van der Waals surface area (Å²) in [4.78, 5) is 31.4. The van der Waals surface area contributed by atoms with E-state index in [0.29, 0.717) is 5.92 Å². The van der Waals surface area contributed by atoms with Crippen LogP contribution >= 0.6 is 0 Å². The largest absolute Gasteiger partial charge is 0.329 e. The van der Waals surface area contributed by atoms with Crippen LogP contribution < -0.4 is 0 Å². The van der Waals surface area contributed by atoms with Crippen molar-refractivity contribution in [2.45, 2.75) is 51.1 Å². The molecule has 2 amide bonds. The Kier molecular flexibility index (Phi) is 4.20. The minimum Gasteiger partial charge on any atom is -0.329 e. The van der Waals surface area contributed by atoms with Gasteiger partial charge in [-0.1, -0.05) is 0 Å². The molecule has 0 saturated carbocycles. The van der Waals surface area contributed by atoms with Gasteiger partial charge in [0.2, 0.25) is 11.8 Å². The second kappa shape index (κ2) is 5.95. The number of nitrogens with zero attached hydrogens (tertiary/aromatic N) is 3. The van der Waals surface area contributed by atoms with Crippen molar-refractivity contribution < 1.29 is 9.59 Å². The summed E-state index contributed by atoms with van der Waals surface area (Å²) in [6.07, 6.45) is 5.31. The molecular weight excluding hydrogens is 266 g/mol. The van der Waals surface area contributed by atoms with Gasteiger partial charge in [0, 0.05) is 19.6 Å². The number of likely N-dealkylation sites (tertiary alicyclic amines) is 1. The van der Waals surface area contributed by atoms with Gasteiger partial charge < -0.3 is 14.7 Å². The molecule has 3 aliphatic heterocycles. The molecule has 3 aliphatic rings. The summed E-state index contributed by atoms with van der Waals surface area (Å²) in [7, 11) is 2.14. The Labute approximate surface area is 127 Å². The fourth-order valence-electron chi connectivity index (χ4n) is 4.16. The first-order chi connectivity index (χ1) is 10.1. The van der Waals surface area contributed by atoms with Crippen molar-refractivity contribution in [2.24, 2.45) is 5.92 Å². The van der Waals surface area contributed by atoms with Gasteiger partial charge in [-0.15, -0.1) is 0 Å². The second-order valence-electron chi connectivity index (χ2n) is 6.98. The quantitative estimate of drug-likeness (QED) is 0.761. The van der Waals surface area contributed by atoms with Crippen LogP contribution in [0.25, 0.3) is 0 Å². The lowest BCUT2D eigenvalue weighted by molar-refractivity contribution is -0.163. The van der Waals surface area contributed by atoms with Crippen LogP contribution in [0.15, 0.2) is 0 Å². The molecule has 118 valence electrons. The van der Waals surface area contributed by atoms with Crippen LogP contribution in [0.2, 0.25) is 0 Å². The predicted molar refractivity (Wildman–Crippen MR) is 80.7 cm³/mol. The first-order valence-electron chi connectivity index (χ1n) is 8.37. The van der Waals surface area contributed by atoms with Crippen molar-refractivity contribution in [1.82, 2.24) is 14.7 Å². The van der Waals surface area contributed by atoms with E-state index in [9.17, 15) is 9.59 Å². The zero-order valence-electron chi connectivity index (χ0n) is 13.3. The van der Waals surface area contributed by atoms with Crippen molar-refractivity contribution in [3.63, 3.8) is 0 Å². The number of hydrogen-bond donors (Lipinski definition) is 0. The molecule has 5 heteroatoms. The Morgan fingerprint density at radius 3 is 2.62 bits per heavy atom. The highest BCUT2D eigenvalue weighted by atomic mass is 16.2. The molecule has 0 aliphatic carbocycles. The van der Waals surface area contributed by atoms with E-state index >= 15 is 0 Å². The number of piperidine rings is 2. The van der Waals surface area contributed by atoms with E-state index in [0.717, 1.165) is 45.4 Å². The monoisotopic (exact) mass is 293 g/mol. The molecule has 0 spiro atoms. The third kappa shape index (κ3) is 2.80. The summed E-state index contributed by atoms with van der Waals surface area (Å²) in [5, 5.41) is 0. The number of hydrogen-bond acceptors (Lipinski definition) is 3. The first kappa shape index (κ1) is 14.8. The number of fused-ring (bicyclic) bond motifs is 1. The highest BCUT2D eigenvalue weighted by Crippen LogP contribution is 2.28. The van der Waals surface area contributed by atoms with E-state index in [1.54, 1.807) is 0 Å². The van der Waals surface area contributed by atoms with Crippen LogP contribution in [0, 0.1) is 5.92 Å². The average Bonchev–Trinajstić information content (AvgIpc) is 2.49. The third-order valence-corrected chi connectivity index (χ3v) is 5.36. The van der Waals surface area contributed by atoms with Gasteiger partial charge in [0.1, 0.15) is 12.1 Å². The zero-order chi connectivity index (χ0) is 15.0. The molecule has 3 unspecified atom stereocenters. The van der Waals surface area contributed by atoms with Crippen LogP contribution in [0.5, 0.6) is 0 Å². The van der Waals surface area contributed by atoms with Crippen molar-refractivity contribution in [3.8, 4) is 0 Å². The van der Waals surface area contributed by atoms with Gasteiger partial charge in [-0.3, -0.25) is 9.59 Å². The molecule has 3 fully saturated rings. The minimum atomic E-state index is -0.279. The molecule has 0 aromatic rings. The molecular formula is C16H27N3O2. The van der Waals surface area contributed by atoms with Crippen molar-refractivity contribution in [2.75, 3.05) is 33.2 Å². The van der Waals surface area contributed by atoms with E-state index in [-0.39, 0.29) is 23.9 Å². The molecule has 0 aromatic carbocycles. The van der Waals surface area contributed by atoms with Gasteiger partial charge in [0.25, 0.3) is 0 Å². The lowest BCUT2D eigenvalue weighted by atomic mass is 9.92. The third-order valence-electron chi connectivity index (χ3n) is 5.36. The van der Waals surface area contributed by atoms with Crippen LogP contribution in [0.1, 0.15) is 39.0 Å². The molecule has 5 nitrogen and oxygen atoms in total. The molecule has 0 bridgehead atoms. The van der Waals surface area contributed by atoms with E-state index < -0.39 is 0 Å². The average molecular weight is 293 g/mol. The Hall–Kier alpha value is -1.10. The summed E-state index contributed by atoms with van der Waals surface area (Å²) in [6, 6.07) is -0.456. The number of amides is 2. The van der Waals surface area contributed by atoms with Gasteiger partial charge in [-0.2, -0.15) is 0 Å². The van der Waals surface area contributed by atoms with E-state index in [4.69, 9.17) is 0 Å². The standard InChI is InChI=1S/C16H27N3O2/c1-12-15(20)18-9-4-3-7-14(18)16(21)19(12)11-13-6-5-8-17(2)10-13/h12-14H,3-11H2,1-2H3. The SMILES string of the molecule is CC1C(=O)N2CCCCC2C(=O)N1CC1CCCN(C)C1. The topological polar surface area (TPSA) is 43.9 Å². The maximum Gasteiger partial charge on any atom is 0.246 e. The summed E-state index contributed by atoms with van der Waals surface area (Å²) >= 11 is 0. The van der Waals surface area contributed by atoms with Crippen LogP contribution in [-0.4, -0.2) is 71.8 Å². The number of carbonyl (C=O) groups excluding carboxylic acids is 2. The summed E-state index contributed by atoms with van der Waals surface area (Å²) in [6.45, 7) is 5.60. The lowest BCUT2D eigenvalue weighted by Gasteiger charge is -2.47. The van der Waals surface area contributed by atoms with Crippen molar-refractivity contribution in [1.29, 1.82) is 0 Å². The van der Waals surface area contributed by atoms with Crippen molar-refractivity contribution in [3.05, 3.63) is 0 Å². The maximum absolute atomic E-state index is 12.8. The molecule has 0 radical (unpaired) electrons. The van der Waals surface area contributed by atoms with Crippen molar-refractivity contribution >= 4 is 11.8 Å². The first-order valence-corrected chi connectivity index (χ1v) is 8.37. The maximum atomic E-state index is 12.8.